The first-order chi connectivity index (χ1) is 11.5. The third-order valence-electron chi connectivity index (χ3n) is 3.77. The van der Waals surface area contributed by atoms with Gasteiger partial charge in [0.15, 0.2) is 6.61 Å². The highest BCUT2D eigenvalue weighted by atomic mass is 16.5. The second kappa shape index (κ2) is 6.90. The highest BCUT2D eigenvalue weighted by molar-refractivity contribution is 5.91. The van der Waals surface area contributed by atoms with Crippen LogP contribution >= 0.6 is 0 Å². The van der Waals surface area contributed by atoms with Gasteiger partial charge in [0.1, 0.15) is 11.6 Å². The Hall–Kier alpha value is -2.30. The summed E-state index contributed by atoms with van der Waals surface area (Å²) in [6.45, 7) is 14.5. The second-order valence-corrected chi connectivity index (χ2v) is 8.40. The number of nitrogens with zero attached hydrogens (tertiary/aromatic N) is 2. The first-order valence-corrected chi connectivity index (χ1v) is 8.57. The molecule has 2 rings (SSSR count). The van der Waals surface area contributed by atoms with E-state index in [-0.39, 0.29) is 23.5 Å². The van der Waals surface area contributed by atoms with E-state index < -0.39 is 0 Å². The van der Waals surface area contributed by atoms with Gasteiger partial charge in [-0.3, -0.25) is 4.79 Å². The molecule has 1 N–H and O–H groups in total. The van der Waals surface area contributed by atoms with Gasteiger partial charge in [-0.2, -0.15) is 5.10 Å². The van der Waals surface area contributed by atoms with Crippen LogP contribution in [0.3, 0.4) is 0 Å². The van der Waals surface area contributed by atoms with E-state index in [0.29, 0.717) is 11.6 Å². The lowest BCUT2D eigenvalue weighted by molar-refractivity contribution is -0.118. The number of carbonyl (C=O) groups excluding carboxylic acids is 1. The van der Waals surface area contributed by atoms with Gasteiger partial charge in [0.25, 0.3) is 5.91 Å². The monoisotopic (exact) mass is 343 g/mol. The maximum absolute atomic E-state index is 12.3. The Morgan fingerprint density at radius 1 is 1.12 bits per heavy atom. The average molecular weight is 343 g/mol. The number of aryl methyl sites for hydroxylation is 1. The van der Waals surface area contributed by atoms with Crippen LogP contribution in [0.25, 0.3) is 0 Å². The quantitative estimate of drug-likeness (QED) is 0.902. The SMILES string of the molecule is Cc1ccc(OCC(=O)Nc2cc(C(C)(C)C)nn2C(C)(C)C)cc1. The predicted molar refractivity (Wildman–Crippen MR) is 101 cm³/mol. The minimum absolute atomic E-state index is 0.0385. The lowest BCUT2D eigenvalue weighted by Crippen LogP contribution is -2.28. The Morgan fingerprint density at radius 3 is 2.24 bits per heavy atom. The van der Waals surface area contributed by atoms with E-state index in [2.05, 4.69) is 46.9 Å². The second-order valence-electron chi connectivity index (χ2n) is 8.40. The molecule has 0 spiro atoms. The van der Waals surface area contributed by atoms with Crippen molar-refractivity contribution in [2.45, 2.75) is 59.4 Å². The van der Waals surface area contributed by atoms with Crippen LogP contribution < -0.4 is 10.1 Å². The molecule has 0 bridgehead atoms. The molecule has 1 aromatic heterocycles. The summed E-state index contributed by atoms with van der Waals surface area (Å²) in [6, 6.07) is 9.57. The maximum atomic E-state index is 12.3. The number of amides is 1. The molecule has 25 heavy (non-hydrogen) atoms. The summed E-state index contributed by atoms with van der Waals surface area (Å²) < 4.78 is 7.41. The van der Waals surface area contributed by atoms with Crippen molar-refractivity contribution in [3.63, 3.8) is 0 Å². The number of ether oxygens (including phenoxy) is 1. The molecule has 1 amide bonds. The summed E-state index contributed by atoms with van der Waals surface area (Å²) in [7, 11) is 0. The Kier molecular flexibility index (Phi) is 5.26. The van der Waals surface area contributed by atoms with Gasteiger partial charge in [-0.05, 0) is 39.8 Å². The molecule has 0 aliphatic heterocycles. The molecule has 0 saturated carbocycles. The number of anilines is 1. The van der Waals surface area contributed by atoms with Crippen LogP contribution in [0.5, 0.6) is 5.75 Å². The summed E-state index contributed by atoms with van der Waals surface area (Å²) in [5.41, 5.74) is 1.77. The molecular weight excluding hydrogens is 314 g/mol. The van der Waals surface area contributed by atoms with Gasteiger partial charge in [0.2, 0.25) is 0 Å². The summed E-state index contributed by atoms with van der Waals surface area (Å²) >= 11 is 0. The molecular formula is C20H29N3O2. The maximum Gasteiger partial charge on any atom is 0.263 e. The molecule has 2 aromatic rings. The zero-order valence-corrected chi connectivity index (χ0v) is 16.3. The van der Waals surface area contributed by atoms with Gasteiger partial charge in [0, 0.05) is 11.5 Å². The first kappa shape index (κ1) is 19.0. The molecule has 0 aliphatic carbocycles. The van der Waals surface area contributed by atoms with Crippen molar-refractivity contribution < 1.29 is 9.53 Å². The molecule has 5 nitrogen and oxygen atoms in total. The molecule has 0 saturated heterocycles. The van der Waals surface area contributed by atoms with E-state index in [1.165, 1.54) is 0 Å². The van der Waals surface area contributed by atoms with Crippen molar-refractivity contribution in [1.82, 2.24) is 9.78 Å². The van der Waals surface area contributed by atoms with Crippen molar-refractivity contribution in [2.75, 3.05) is 11.9 Å². The van der Waals surface area contributed by atoms with Crippen molar-refractivity contribution in [2.24, 2.45) is 0 Å². The van der Waals surface area contributed by atoms with Crippen molar-refractivity contribution in [1.29, 1.82) is 0 Å². The minimum atomic E-state index is -0.232. The fraction of sp³-hybridized carbons (Fsp3) is 0.500. The summed E-state index contributed by atoms with van der Waals surface area (Å²) in [4.78, 5) is 12.3. The van der Waals surface area contributed by atoms with E-state index in [0.717, 1.165) is 11.3 Å². The van der Waals surface area contributed by atoms with Gasteiger partial charge in [0.05, 0.1) is 11.2 Å². The van der Waals surface area contributed by atoms with Crippen LogP contribution in [0.4, 0.5) is 5.82 Å². The van der Waals surface area contributed by atoms with E-state index in [1.807, 2.05) is 41.9 Å². The van der Waals surface area contributed by atoms with Crippen molar-refractivity contribution in [3.05, 3.63) is 41.6 Å². The number of benzene rings is 1. The van der Waals surface area contributed by atoms with Gasteiger partial charge >= 0.3 is 0 Å². The predicted octanol–water partition coefficient (Wildman–Crippen LogP) is 4.26. The third kappa shape index (κ3) is 5.08. The van der Waals surface area contributed by atoms with Crippen LogP contribution in [-0.2, 0) is 15.7 Å². The zero-order chi connectivity index (χ0) is 18.8. The lowest BCUT2D eigenvalue weighted by Gasteiger charge is -2.23. The van der Waals surface area contributed by atoms with E-state index in [4.69, 9.17) is 9.84 Å². The molecule has 136 valence electrons. The average Bonchev–Trinajstić information content (AvgIpc) is 2.91. The van der Waals surface area contributed by atoms with E-state index >= 15 is 0 Å². The third-order valence-corrected chi connectivity index (χ3v) is 3.77. The van der Waals surface area contributed by atoms with E-state index in [9.17, 15) is 4.79 Å². The normalized spacial score (nSPS) is 12.1. The van der Waals surface area contributed by atoms with Crippen LogP contribution in [0.15, 0.2) is 30.3 Å². The zero-order valence-electron chi connectivity index (χ0n) is 16.3. The van der Waals surface area contributed by atoms with Crippen LogP contribution in [-0.4, -0.2) is 22.3 Å². The first-order valence-electron chi connectivity index (χ1n) is 8.57. The Balaban J connectivity index is 2.11. The van der Waals surface area contributed by atoms with Crippen LogP contribution in [0, 0.1) is 6.92 Å². The molecule has 0 aliphatic rings. The highest BCUT2D eigenvalue weighted by Gasteiger charge is 2.25. The molecule has 0 atom stereocenters. The van der Waals surface area contributed by atoms with Gasteiger partial charge < -0.3 is 10.1 Å². The minimum Gasteiger partial charge on any atom is -0.484 e. The molecule has 1 aromatic carbocycles. The van der Waals surface area contributed by atoms with Gasteiger partial charge in [-0.25, -0.2) is 4.68 Å². The topological polar surface area (TPSA) is 56.1 Å². The fourth-order valence-corrected chi connectivity index (χ4v) is 2.31. The molecule has 0 unspecified atom stereocenters. The van der Waals surface area contributed by atoms with Crippen LogP contribution in [0.2, 0.25) is 0 Å². The summed E-state index contributed by atoms with van der Waals surface area (Å²) in [5.74, 6) is 1.17. The number of hydrogen-bond acceptors (Lipinski definition) is 3. The largest absolute Gasteiger partial charge is 0.484 e. The lowest BCUT2D eigenvalue weighted by atomic mass is 9.92. The molecule has 0 radical (unpaired) electrons. The Morgan fingerprint density at radius 2 is 1.72 bits per heavy atom. The van der Waals surface area contributed by atoms with Gasteiger partial charge in [-0.1, -0.05) is 38.5 Å². The van der Waals surface area contributed by atoms with Crippen molar-refractivity contribution >= 4 is 11.7 Å². The number of carbonyl (C=O) groups is 1. The fourth-order valence-electron chi connectivity index (χ4n) is 2.31. The van der Waals surface area contributed by atoms with E-state index in [1.54, 1.807) is 0 Å². The summed E-state index contributed by atoms with van der Waals surface area (Å²) in [6.07, 6.45) is 0. The standard InChI is InChI=1S/C20H29N3O2/c1-14-8-10-15(11-9-14)25-13-18(24)21-17-12-16(19(2,3)4)22-23(17)20(5,6)7/h8-12H,13H2,1-7H3,(H,21,24). The Bertz CT molecular complexity index is 732. The Labute approximate surface area is 150 Å². The number of rotatable bonds is 4. The molecule has 1 heterocycles. The molecule has 0 fully saturated rings. The number of hydrogen-bond donors (Lipinski definition) is 1. The smallest absolute Gasteiger partial charge is 0.263 e. The number of aromatic nitrogens is 2. The highest BCUT2D eigenvalue weighted by Crippen LogP contribution is 2.28. The summed E-state index contributed by atoms with van der Waals surface area (Å²) in [5, 5.41) is 7.62. The number of nitrogens with one attached hydrogen (secondary N) is 1. The van der Waals surface area contributed by atoms with Crippen LogP contribution in [0.1, 0.15) is 52.8 Å². The van der Waals surface area contributed by atoms with Gasteiger partial charge in [-0.15, -0.1) is 0 Å². The molecule has 5 heteroatoms. The van der Waals surface area contributed by atoms with Crippen molar-refractivity contribution in [3.8, 4) is 5.75 Å².